The van der Waals surface area contributed by atoms with Crippen molar-refractivity contribution in [1.82, 2.24) is 19.2 Å². The van der Waals surface area contributed by atoms with Gasteiger partial charge in [0, 0.05) is 49.0 Å². The van der Waals surface area contributed by atoms with E-state index >= 15 is 0 Å². The van der Waals surface area contributed by atoms with Gasteiger partial charge in [-0.25, -0.2) is 13.4 Å². The Morgan fingerprint density at radius 1 is 1.23 bits per heavy atom. The van der Waals surface area contributed by atoms with Crippen LogP contribution in [0.25, 0.3) is 11.0 Å². The molecule has 1 aliphatic rings. The first-order valence-electron chi connectivity index (χ1n) is 9.91. The van der Waals surface area contributed by atoms with Crippen LogP contribution in [0.4, 0.5) is 0 Å². The highest BCUT2D eigenvalue weighted by atomic mass is 35.5. The van der Waals surface area contributed by atoms with Gasteiger partial charge in [-0.1, -0.05) is 11.6 Å². The van der Waals surface area contributed by atoms with Crippen LogP contribution in [0.1, 0.15) is 12.5 Å². The lowest BCUT2D eigenvalue weighted by molar-refractivity contribution is -0.139. The number of amides is 1. The summed E-state index contributed by atoms with van der Waals surface area (Å²) in [6.45, 7) is 4.58. The molecule has 0 spiro atoms. The number of pyridine rings is 1. The molecule has 31 heavy (non-hydrogen) atoms. The highest BCUT2D eigenvalue weighted by Gasteiger charge is 2.33. The number of carbonyl (C=O) groups is 1. The van der Waals surface area contributed by atoms with Gasteiger partial charge >= 0.3 is 0 Å². The van der Waals surface area contributed by atoms with Crippen molar-refractivity contribution in [3.05, 3.63) is 53.3 Å². The second-order valence-corrected chi connectivity index (χ2v) is 9.77. The Hall–Kier alpha value is -2.62. The third-order valence-electron chi connectivity index (χ3n) is 5.37. The summed E-state index contributed by atoms with van der Waals surface area (Å²) in [6, 6.07) is 8.66. The van der Waals surface area contributed by atoms with E-state index in [4.69, 9.17) is 16.3 Å². The van der Waals surface area contributed by atoms with Gasteiger partial charge in [0.25, 0.3) is 5.91 Å². The lowest BCUT2D eigenvalue weighted by Gasteiger charge is -2.35. The number of halogens is 1. The standard InChI is InChI=1S/C21H23ClN4O4S/c1-14-12-16(5-6-18(14)22)30-15(2)21(27)25-8-10-26(11-9-25)31(28,29)19-13-24-20-17(19)4-3-7-23-20/h3-7,12-13,15H,8-11H2,1-2H3,(H,23,24). The van der Waals surface area contributed by atoms with E-state index in [1.165, 1.54) is 10.5 Å². The fourth-order valence-corrected chi connectivity index (χ4v) is 5.32. The zero-order chi connectivity index (χ0) is 22.2. The third-order valence-corrected chi connectivity index (χ3v) is 7.73. The van der Waals surface area contributed by atoms with Crippen LogP contribution in [0.3, 0.4) is 0 Å². The van der Waals surface area contributed by atoms with Gasteiger partial charge in [0.1, 0.15) is 16.3 Å². The molecule has 1 fully saturated rings. The molecular formula is C21H23ClN4O4S. The molecule has 4 rings (SSSR count). The molecule has 1 saturated heterocycles. The maximum absolute atomic E-state index is 13.1. The molecule has 2 aromatic heterocycles. The summed E-state index contributed by atoms with van der Waals surface area (Å²) in [6.07, 6.45) is 2.38. The van der Waals surface area contributed by atoms with Crippen molar-refractivity contribution in [2.75, 3.05) is 26.2 Å². The van der Waals surface area contributed by atoms with Gasteiger partial charge in [0.2, 0.25) is 10.0 Å². The molecule has 164 valence electrons. The summed E-state index contributed by atoms with van der Waals surface area (Å²) in [5, 5.41) is 1.19. The minimum Gasteiger partial charge on any atom is -0.481 e. The number of hydrogen-bond acceptors (Lipinski definition) is 5. The number of nitrogens with zero attached hydrogens (tertiary/aromatic N) is 3. The molecule has 1 N–H and O–H groups in total. The molecule has 0 bridgehead atoms. The SMILES string of the molecule is Cc1cc(OC(C)C(=O)N2CCN(S(=O)(=O)c3c[nH]c4ncccc34)CC2)ccc1Cl. The number of rotatable bonds is 5. The van der Waals surface area contributed by atoms with Crippen molar-refractivity contribution in [2.45, 2.75) is 24.8 Å². The molecule has 3 aromatic rings. The molecule has 1 amide bonds. The van der Waals surface area contributed by atoms with E-state index < -0.39 is 16.1 Å². The van der Waals surface area contributed by atoms with Crippen LogP contribution < -0.4 is 4.74 Å². The van der Waals surface area contributed by atoms with Crippen molar-refractivity contribution in [3.8, 4) is 5.75 Å². The van der Waals surface area contributed by atoms with Gasteiger partial charge in [-0.05, 0) is 49.7 Å². The van der Waals surface area contributed by atoms with Crippen molar-refractivity contribution in [1.29, 1.82) is 0 Å². The van der Waals surface area contributed by atoms with Crippen molar-refractivity contribution < 1.29 is 17.9 Å². The molecule has 0 aliphatic carbocycles. The number of piperazine rings is 1. The Bertz CT molecular complexity index is 1220. The molecule has 0 radical (unpaired) electrons. The number of hydrogen-bond donors (Lipinski definition) is 1. The molecule has 1 unspecified atom stereocenters. The van der Waals surface area contributed by atoms with Crippen LogP contribution in [-0.4, -0.2) is 65.8 Å². The Balaban J connectivity index is 1.40. The number of aromatic nitrogens is 2. The molecule has 1 aliphatic heterocycles. The van der Waals surface area contributed by atoms with E-state index in [0.717, 1.165) is 5.56 Å². The van der Waals surface area contributed by atoms with Gasteiger partial charge in [0.05, 0.1) is 0 Å². The number of ether oxygens (including phenoxy) is 1. The normalized spacial score (nSPS) is 16.4. The summed E-state index contributed by atoms with van der Waals surface area (Å²) >= 11 is 6.03. The molecule has 3 heterocycles. The summed E-state index contributed by atoms with van der Waals surface area (Å²) in [5.41, 5.74) is 1.39. The largest absolute Gasteiger partial charge is 0.481 e. The molecule has 1 atom stereocenters. The molecule has 8 nitrogen and oxygen atoms in total. The maximum atomic E-state index is 13.1. The number of aryl methyl sites for hydroxylation is 1. The first-order valence-corrected chi connectivity index (χ1v) is 11.7. The average molecular weight is 463 g/mol. The van der Waals surface area contributed by atoms with Crippen molar-refractivity contribution >= 4 is 38.6 Å². The number of aromatic amines is 1. The number of fused-ring (bicyclic) bond motifs is 1. The number of sulfonamides is 1. The van der Waals surface area contributed by atoms with Gasteiger partial charge in [-0.2, -0.15) is 4.31 Å². The zero-order valence-corrected chi connectivity index (χ0v) is 18.8. The third kappa shape index (κ3) is 4.26. The predicted octanol–water partition coefficient (Wildman–Crippen LogP) is 2.83. The smallest absolute Gasteiger partial charge is 0.263 e. The second-order valence-electron chi connectivity index (χ2n) is 7.45. The van der Waals surface area contributed by atoms with E-state index in [-0.39, 0.29) is 23.9 Å². The van der Waals surface area contributed by atoms with Crippen LogP contribution in [-0.2, 0) is 14.8 Å². The van der Waals surface area contributed by atoms with Crippen molar-refractivity contribution in [3.63, 3.8) is 0 Å². The molecule has 0 saturated carbocycles. The van der Waals surface area contributed by atoms with Crippen LogP contribution in [0.2, 0.25) is 5.02 Å². The molecule has 1 aromatic carbocycles. The van der Waals surface area contributed by atoms with Crippen LogP contribution in [0.5, 0.6) is 5.75 Å². The molecule has 10 heteroatoms. The van der Waals surface area contributed by atoms with Gasteiger partial charge in [0.15, 0.2) is 6.10 Å². The zero-order valence-electron chi connectivity index (χ0n) is 17.2. The second kappa shape index (κ2) is 8.49. The van der Waals surface area contributed by atoms with Gasteiger partial charge in [-0.15, -0.1) is 0 Å². The van der Waals surface area contributed by atoms with E-state index in [2.05, 4.69) is 9.97 Å². The number of nitrogens with one attached hydrogen (secondary N) is 1. The van der Waals surface area contributed by atoms with E-state index in [1.54, 1.807) is 48.4 Å². The predicted molar refractivity (Wildman–Crippen MR) is 118 cm³/mol. The minimum atomic E-state index is -3.69. The first kappa shape index (κ1) is 21.6. The summed E-state index contributed by atoms with van der Waals surface area (Å²) in [7, 11) is -3.69. The fraction of sp³-hybridized carbons (Fsp3) is 0.333. The Kier molecular flexibility index (Phi) is 5.92. The van der Waals surface area contributed by atoms with Gasteiger partial charge < -0.3 is 14.6 Å². The maximum Gasteiger partial charge on any atom is 0.263 e. The van der Waals surface area contributed by atoms with Crippen LogP contribution >= 0.6 is 11.6 Å². The lowest BCUT2D eigenvalue weighted by atomic mass is 10.2. The highest BCUT2D eigenvalue weighted by Crippen LogP contribution is 2.26. The number of H-pyrrole nitrogens is 1. The Labute approximate surface area is 185 Å². The quantitative estimate of drug-likeness (QED) is 0.629. The van der Waals surface area contributed by atoms with Gasteiger partial charge in [-0.3, -0.25) is 4.79 Å². The Morgan fingerprint density at radius 3 is 2.68 bits per heavy atom. The monoisotopic (exact) mass is 462 g/mol. The van der Waals surface area contributed by atoms with E-state index in [0.29, 0.717) is 34.9 Å². The van der Waals surface area contributed by atoms with Crippen LogP contribution in [0.15, 0.2) is 47.6 Å². The topological polar surface area (TPSA) is 95.6 Å². The molecular weight excluding hydrogens is 440 g/mol. The lowest BCUT2D eigenvalue weighted by Crippen LogP contribution is -2.53. The summed E-state index contributed by atoms with van der Waals surface area (Å²) in [5.74, 6) is 0.387. The average Bonchev–Trinajstić information content (AvgIpc) is 3.21. The Morgan fingerprint density at radius 2 is 1.97 bits per heavy atom. The number of carbonyl (C=O) groups excluding carboxylic acids is 1. The fourth-order valence-electron chi connectivity index (χ4n) is 3.63. The van der Waals surface area contributed by atoms with Crippen molar-refractivity contribution in [2.24, 2.45) is 0 Å². The van der Waals surface area contributed by atoms with E-state index in [1.807, 2.05) is 6.92 Å². The summed E-state index contributed by atoms with van der Waals surface area (Å²) < 4.78 is 33.4. The van der Waals surface area contributed by atoms with E-state index in [9.17, 15) is 13.2 Å². The highest BCUT2D eigenvalue weighted by molar-refractivity contribution is 7.89. The van der Waals surface area contributed by atoms with Crippen LogP contribution in [0, 0.1) is 6.92 Å². The first-order chi connectivity index (χ1) is 14.8. The summed E-state index contributed by atoms with van der Waals surface area (Å²) in [4.78, 5) is 21.7. The number of benzene rings is 1. The minimum absolute atomic E-state index is 0.180.